The highest BCUT2D eigenvalue weighted by molar-refractivity contribution is 7.89. The lowest BCUT2D eigenvalue weighted by molar-refractivity contribution is 0.598. The SMILES string of the molecule is CC(Nc1ccc(S(N)(=O)=O)cc1N)c1cccnc1. The van der Waals surface area contributed by atoms with E-state index in [1.54, 1.807) is 18.5 Å². The van der Waals surface area contributed by atoms with Gasteiger partial charge in [-0.25, -0.2) is 13.6 Å². The van der Waals surface area contributed by atoms with Gasteiger partial charge in [0.2, 0.25) is 10.0 Å². The van der Waals surface area contributed by atoms with Gasteiger partial charge in [0.1, 0.15) is 0 Å². The van der Waals surface area contributed by atoms with E-state index in [1.165, 1.54) is 12.1 Å². The molecule has 20 heavy (non-hydrogen) atoms. The van der Waals surface area contributed by atoms with Crippen LogP contribution in [0.4, 0.5) is 11.4 Å². The van der Waals surface area contributed by atoms with Crippen LogP contribution in [0.25, 0.3) is 0 Å². The molecule has 1 atom stereocenters. The molecule has 1 heterocycles. The van der Waals surface area contributed by atoms with Crippen molar-refractivity contribution in [2.24, 2.45) is 5.14 Å². The molecular formula is C13H16N4O2S. The Kier molecular flexibility index (Phi) is 3.91. The molecule has 2 rings (SSSR count). The Balaban J connectivity index is 2.23. The summed E-state index contributed by atoms with van der Waals surface area (Å²) in [6.07, 6.45) is 3.46. The summed E-state index contributed by atoms with van der Waals surface area (Å²) in [4.78, 5) is 4.04. The van der Waals surface area contributed by atoms with E-state index in [1.807, 2.05) is 19.1 Å². The zero-order valence-electron chi connectivity index (χ0n) is 10.9. The molecule has 0 aliphatic rings. The predicted molar refractivity (Wildman–Crippen MR) is 78.5 cm³/mol. The maximum absolute atomic E-state index is 11.2. The molecule has 5 N–H and O–H groups in total. The van der Waals surface area contributed by atoms with E-state index in [0.717, 1.165) is 5.56 Å². The Labute approximate surface area is 117 Å². The van der Waals surface area contributed by atoms with Gasteiger partial charge in [0.05, 0.1) is 22.3 Å². The Morgan fingerprint density at radius 2 is 2.05 bits per heavy atom. The van der Waals surface area contributed by atoms with Crippen LogP contribution in [0, 0.1) is 0 Å². The Morgan fingerprint density at radius 3 is 2.60 bits per heavy atom. The summed E-state index contributed by atoms with van der Waals surface area (Å²) in [5.74, 6) is 0. The molecule has 0 radical (unpaired) electrons. The third kappa shape index (κ3) is 3.25. The van der Waals surface area contributed by atoms with Gasteiger partial charge in [-0.2, -0.15) is 0 Å². The number of sulfonamides is 1. The average Bonchev–Trinajstić information content (AvgIpc) is 2.41. The topological polar surface area (TPSA) is 111 Å². The summed E-state index contributed by atoms with van der Waals surface area (Å²) >= 11 is 0. The van der Waals surface area contributed by atoms with Crippen LogP contribution in [0.5, 0.6) is 0 Å². The molecule has 0 amide bonds. The largest absolute Gasteiger partial charge is 0.397 e. The van der Waals surface area contributed by atoms with Crippen LogP contribution in [0.15, 0.2) is 47.6 Å². The third-order valence-corrected chi connectivity index (χ3v) is 3.82. The first kappa shape index (κ1) is 14.3. The minimum atomic E-state index is -3.74. The third-order valence-electron chi connectivity index (χ3n) is 2.91. The normalized spacial score (nSPS) is 12.9. The van der Waals surface area contributed by atoms with Gasteiger partial charge < -0.3 is 11.1 Å². The van der Waals surface area contributed by atoms with Crippen molar-refractivity contribution in [1.29, 1.82) is 0 Å². The summed E-state index contributed by atoms with van der Waals surface area (Å²) in [6, 6.07) is 8.14. The number of hydrogen-bond acceptors (Lipinski definition) is 5. The van der Waals surface area contributed by atoms with E-state index >= 15 is 0 Å². The lowest BCUT2D eigenvalue weighted by Crippen LogP contribution is -2.13. The minimum Gasteiger partial charge on any atom is -0.397 e. The summed E-state index contributed by atoms with van der Waals surface area (Å²) in [6.45, 7) is 1.96. The number of nitrogen functional groups attached to an aromatic ring is 1. The van der Waals surface area contributed by atoms with Crippen LogP contribution in [0.1, 0.15) is 18.5 Å². The molecule has 0 saturated carbocycles. The van der Waals surface area contributed by atoms with Crippen LogP contribution in [0.3, 0.4) is 0 Å². The molecule has 1 unspecified atom stereocenters. The second-order valence-electron chi connectivity index (χ2n) is 4.45. The number of hydrogen-bond donors (Lipinski definition) is 3. The van der Waals surface area contributed by atoms with Gasteiger partial charge in [-0.05, 0) is 36.8 Å². The van der Waals surface area contributed by atoms with Gasteiger partial charge in [0, 0.05) is 12.4 Å². The van der Waals surface area contributed by atoms with Crippen molar-refractivity contribution in [3.63, 3.8) is 0 Å². The van der Waals surface area contributed by atoms with Crippen molar-refractivity contribution >= 4 is 21.4 Å². The van der Waals surface area contributed by atoms with Crippen molar-refractivity contribution in [1.82, 2.24) is 4.98 Å². The molecule has 7 heteroatoms. The quantitative estimate of drug-likeness (QED) is 0.739. The van der Waals surface area contributed by atoms with Crippen LogP contribution in [-0.4, -0.2) is 13.4 Å². The van der Waals surface area contributed by atoms with E-state index in [0.29, 0.717) is 11.4 Å². The minimum absolute atomic E-state index is 0.00502. The highest BCUT2D eigenvalue weighted by atomic mass is 32.2. The highest BCUT2D eigenvalue weighted by Gasteiger charge is 2.12. The average molecular weight is 292 g/mol. The second kappa shape index (κ2) is 5.48. The summed E-state index contributed by atoms with van der Waals surface area (Å²) in [5.41, 5.74) is 7.82. The van der Waals surface area contributed by atoms with Gasteiger partial charge >= 0.3 is 0 Å². The molecule has 0 spiro atoms. The Hall–Kier alpha value is -2.12. The van der Waals surface area contributed by atoms with E-state index in [4.69, 9.17) is 10.9 Å². The van der Waals surface area contributed by atoms with Gasteiger partial charge in [-0.15, -0.1) is 0 Å². The van der Waals surface area contributed by atoms with Gasteiger partial charge in [0.15, 0.2) is 0 Å². The first-order chi connectivity index (χ1) is 9.38. The first-order valence-corrected chi connectivity index (χ1v) is 7.51. The maximum atomic E-state index is 11.2. The predicted octanol–water partition coefficient (Wildman–Crippen LogP) is 1.48. The number of nitrogens with two attached hydrogens (primary N) is 2. The number of benzene rings is 1. The zero-order chi connectivity index (χ0) is 14.8. The molecule has 106 valence electrons. The van der Waals surface area contributed by atoms with E-state index in [9.17, 15) is 8.42 Å². The zero-order valence-corrected chi connectivity index (χ0v) is 11.8. The molecule has 1 aromatic carbocycles. The Morgan fingerprint density at radius 1 is 1.30 bits per heavy atom. The second-order valence-corrected chi connectivity index (χ2v) is 6.01. The fourth-order valence-corrected chi connectivity index (χ4v) is 2.35. The molecule has 0 aliphatic carbocycles. The molecular weight excluding hydrogens is 276 g/mol. The van der Waals surface area contributed by atoms with Gasteiger partial charge in [-0.3, -0.25) is 4.98 Å². The number of pyridine rings is 1. The van der Waals surface area contributed by atoms with Crippen LogP contribution in [0.2, 0.25) is 0 Å². The molecule has 2 aromatic rings. The number of primary sulfonamides is 1. The maximum Gasteiger partial charge on any atom is 0.238 e. The van der Waals surface area contributed by atoms with Crippen LogP contribution in [-0.2, 0) is 10.0 Å². The molecule has 0 fully saturated rings. The van der Waals surface area contributed by atoms with Gasteiger partial charge in [-0.1, -0.05) is 6.07 Å². The summed E-state index contributed by atoms with van der Waals surface area (Å²) < 4.78 is 22.5. The molecule has 6 nitrogen and oxygen atoms in total. The number of rotatable bonds is 4. The number of nitrogens with one attached hydrogen (secondary N) is 1. The smallest absolute Gasteiger partial charge is 0.238 e. The standard InChI is InChI=1S/C13H16N4O2S/c1-9(10-3-2-6-16-8-10)17-13-5-4-11(7-12(13)14)20(15,18)19/h2-9,17H,14H2,1H3,(H2,15,18,19). The Bertz CT molecular complexity index is 702. The summed E-state index contributed by atoms with van der Waals surface area (Å²) in [7, 11) is -3.74. The molecule has 1 aromatic heterocycles. The van der Waals surface area contributed by atoms with Crippen molar-refractivity contribution in [3.8, 4) is 0 Å². The fraction of sp³-hybridized carbons (Fsp3) is 0.154. The first-order valence-electron chi connectivity index (χ1n) is 5.96. The molecule has 0 bridgehead atoms. The summed E-state index contributed by atoms with van der Waals surface area (Å²) in [5, 5.41) is 8.26. The molecule has 0 aliphatic heterocycles. The number of anilines is 2. The lowest BCUT2D eigenvalue weighted by Gasteiger charge is -2.17. The van der Waals surface area contributed by atoms with Crippen molar-refractivity contribution in [3.05, 3.63) is 48.3 Å². The van der Waals surface area contributed by atoms with Crippen LogP contribution < -0.4 is 16.2 Å². The number of nitrogens with zero attached hydrogens (tertiary/aromatic N) is 1. The number of aromatic nitrogens is 1. The monoisotopic (exact) mass is 292 g/mol. The molecule has 0 saturated heterocycles. The van der Waals surface area contributed by atoms with E-state index in [-0.39, 0.29) is 10.9 Å². The lowest BCUT2D eigenvalue weighted by atomic mass is 10.1. The highest BCUT2D eigenvalue weighted by Crippen LogP contribution is 2.26. The van der Waals surface area contributed by atoms with Crippen molar-refractivity contribution < 1.29 is 8.42 Å². The van der Waals surface area contributed by atoms with E-state index in [2.05, 4.69) is 10.3 Å². The van der Waals surface area contributed by atoms with Gasteiger partial charge in [0.25, 0.3) is 0 Å². The van der Waals surface area contributed by atoms with Crippen LogP contribution >= 0.6 is 0 Å². The fourth-order valence-electron chi connectivity index (χ4n) is 1.80. The van der Waals surface area contributed by atoms with Crippen molar-refractivity contribution in [2.45, 2.75) is 17.9 Å². The van der Waals surface area contributed by atoms with Crippen molar-refractivity contribution in [2.75, 3.05) is 11.1 Å². The van der Waals surface area contributed by atoms with E-state index < -0.39 is 10.0 Å².